The molecule has 1 amide bonds. The number of nitrogens with zero attached hydrogens (tertiary/aromatic N) is 2. The lowest BCUT2D eigenvalue weighted by molar-refractivity contribution is -0.140. The number of ether oxygens (including phenoxy) is 1. The highest BCUT2D eigenvalue weighted by Crippen LogP contribution is 2.44. The number of carbonyl (C=O) groups is 1. The number of rotatable bonds is 7. The number of nitrogens with one attached hydrogen (secondary N) is 1. The lowest BCUT2D eigenvalue weighted by Crippen LogP contribution is -2.51. The van der Waals surface area contributed by atoms with Gasteiger partial charge in [0.2, 0.25) is 5.91 Å². The summed E-state index contributed by atoms with van der Waals surface area (Å²) in [6.07, 6.45) is 11.0. The Morgan fingerprint density at radius 3 is 2.62 bits per heavy atom. The molecule has 2 saturated carbocycles. The van der Waals surface area contributed by atoms with Crippen molar-refractivity contribution in [3.8, 4) is 0 Å². The highest BCUT2D eigenvalue weighted by molar-refractivity contribution is 5.82. The summed E-state index contributed by atoms with van der Waals surface area (Å²) in [4.78, 5) is 15.5. The molecule has 2 aliphatic carbocycles. The van der Waals surface area contributed by atoms with E-state index in [9.17, 15) is 4.79 Å². The second kappa shape index (κ2) is 9.78. The zero-order valence-corrected chi connectivity index (χ0v) is 19.3. The molecule has 2 aromatic rings. The van der Waals surface area contributed by atoms with E-state index in [4.69, 9.17) is 4.74 Å². The van der Waals surface area contributed by atoms with Gasteiger partial charge in [-0.15, -0.1) is 0 Å². The lowest BCUT2D eigenvalue weighted by Gasteiger charge is -2.42. The van der Waals surface area contributed by atoms with Crippen LogP contribution in [0.5, 0.6) is 0 Å². The smallest absolute Gasteiger partial charge is 0.226 e. The van der Waals surface area contributed by atoms with Gasteiger partial charge in [0, 0.05) is 30.3 Å². The van der Waals surface area contributed by atoms with E-state index in [1.54, 1.807) is 0 Å². The first-order valence-electron chi connectivity index (χ1n) is 12.7. The van der Waals surface area contributed by atoms with Crippen molar-refractivity contribution in [3.63, 3.8) is 0 Å². The number of hydrogen-bond acceptors (Lipinski definition) is 3. The predicted molar refractivity (Wildman–Crippen MR) is 125 cm³/mol. The molecule has 5 rings (SSSR count). The maximum atomic E-state index is 13.4. The summed E-state index contributed by atoms with van der Waals surface area (Å²) in [7, 11) is 0. The van der Waals surface area contributed by atoms with Crippen molar-refractivity contribution in [1.82, 2.24) is 15.1 Å². The van der Waals surface area contributed by atoms with Crippen molar-refractivity contribution in [2.24, 2.45) is 11.8 Å². The monoisotopic (exact) mass is 435 g/mol. The Balaban J connectivity index is 1.23. The molecule has 5 nitrogen and oxygen atoms in total. The van der Waals surface area contributed by atoms with Crippen LogP contribution in [0.3, 0.4) is 0 Å². The minimum Gasteiger partial charge on any atom is -0.376 e. The number of hydrogen-bond donors (Lipinski definition) is 1. The summed E-state index contributed by atoms with van der Waals surface area (Å²) in [5.41, 5.74) is 2.61. The summed E-state index contributed by atoms with van der Waals surface area (Å²) in [5, 5.41) is 7.37. The first-order chi connectivity index (χ1) is 15.7. The van der Waals surface area contributed by atoms with E-state index < -0.39 is 0 Å². The lowest BCUT2D eigenvalue weighted by atomic mass is 9.82. The van der Waals surface area contributed by atoms with E-state index in [1.165, 1.54) is 18.4 Å². The fraction of sp³-hybridized carbons (Fsp3) is 0.630. The zero-order valence-electron chi connectivity index (χ0n) is 19.3. The maximum Gasteiger partial charge on any atom is 0.226 e. The van der Waals surface area contributed by atoms with Crippen molar-refractivity contribution in [2.45, 2.75) is 82.3 Å². The van der Waals surface area contributed by atoms with Crippen molar-refractivity contribution in [2.75, 3.05) is 13.2 Å². The quantitative estimate of drug-likeness (QED) is 0.644. The fourth-order valence-electron chi connectivity index (χ4n) is 6.11. The van der Waals surface area contributed by atoms with Crippen LogP contribution in [0.2, 0.25) is 0 Å². The second-order valence-corrected chi connectivity index (χ2v) is 10.1. The summed E-state index contributed by atoms with van der Waals surface area (Å²) in [5.74, 6) is 2.13. The van der Waals surface area contributed by atoms with Crippen molar-refractivity contribution >= 4 is 5.91 Å². The Bertz CT molecular complexity index is 860. The SMILES string of the molecule is CC[C@@H]1C[C@H]1C(=O)N1CCC[C@H](c2ccn[nH]2)[C@@H]1CO[C@H]1CC[C@@H](c2ccccc2)CC1. The predicted octanol–water partition coefficient (Wildman–Crippen LogP) is 5.27. The Morgan fingerprint density at radius 2 is 1.94 bits per heavy atom. The summed E-state index contributed by atoms with van der Waals surface area (Å²) < 4.78 is 6.54. The van der Waals surface area contributed by atoms with Crippen molar-refractivity contribution < 1.29 is 9.53 Å². The summed E-state index contributed by atoms with van der Waals surface area (Å²) >= 11 is 0. The number of likely N-dealkylation sites (tertiary alicyclic amines) is 1. The van der Waals surface area contributed by atoms with Gasteiger partial charge in [0.25, 0.3) is 0 Å². The summed E-state index contributed by atoms with van der Waals surface area (Å²) in [6.45, 7) is 3.71. The summed E-state index contributed by atoms with van der Waals surface area (Å²) in [6, 6.07) is 13.1. The molecule has 1 N–H and O–H groups in total. The molecular weight excluding hydrogens is 398 g/mol. The topological polar surface area (TPSA) is 58.2 Å². The normalized spacial score (nSPS) is 32.6. The number of amides is 1. The van der Waals surface area contributed by atoms with Gasteiger partial charge >= 0.3 is 0 Å². The molecule has 32 heavy (non-hydrogen) atoms. The first kappa shape index (κ1) is 21.7. The fourth-order valence-corrected chi connectivity index (χ4v) is 6.11. The number of H-pyrrole nitrogens is 1. The third kappa shape index (κ3) is 4.63. The largest absolute Gasteiger partial charge is 0.376 e. The molecule has 1 aliphatic heterocycles. The highest BCUT2D eigenvalue weighted by Gasteiger charge is 2.47. The van der Waals surface area contributed by atoms with Gasteiger partial charge in [-0.05, 0) is 68.4 Å². The number of aromatic nitrogens is 2. The van der Waals surface area contributed by atoms with E-state index in [2.05, 4.69) is 58.4 Å². The molecule has 3 fully saturated rings. The van der Waals surface area contributed by atoms with Crippen LogP contribution in [0.1, 0.15) is 81.4 Å². The van der Waals surface area contributed by atoms with Crippen molar-refractivity contribution in [1.29, 1.82) is 0 Å². The van der Waals surface area contributed by atoms with Gasteiger partial charge in [-0.25, -0.2) is 0 Å². The molecule has 1 saturated heterocycles. The van der Waals surface area contributed by atoms with Crippen LogP contribution in [-0.2, 0) is 9.53 Å². The van der Waals surface area contributed by atoms with Gasteiger partial charge in [-0.1, -0.05) is 43.7 Å². The van der Waals surface area contributed by atoms with Crippen LogP contribution >= 0.6 is 0 Å². The molecule has 0 spiro atoms. The molecule has 3 aliphatic rings. The Labute approximate surface area is 191 Å². The van der Waals surface area contributed by atoms with Crippen LogP contribution in [-0.4, -0.2) is 46.3 Å². The van der Waals surface area contributed by atoms with Crippen LogP contribution in [0.4, 0.5) is 0 Å². The van der Waals surface area contributed by atoms with Crippen LogP contribution in [0.25, 0.3) is 0 Å². The van der Waals surface area contributed by atoms with Gasteiger partial charge in [-0.3, -0.25) is 9.89 Å². The average Bonchev–Trinajstić information content (AvgIpc) is 3.45. The molecule has 0 unspecified atom stereocenters. The minimum atomic E-state index is 0.113. The third-order valence-electron chi connectivity index (χ3n) is 8.20. The van der Waals surface area contributed by atoms with Gasteiger partial charge in [0.1, 0.15) is 0 Å². The molecule has 5 heteroatoms. The van der Waals surface area contributed by atoms with E-state index in [-0.39, 0.29) is 17.9 Å². The average molecular weight is 436 g/mol. The van der Waals surface area contributed by atoms with Gasteiger partial charge < -0.3 is 9.64 Å². The van der Waals surface area contributed by atoms with Gasteiger partial charge in [0.05, 0.1) is 18.8 Å². The standard InChI is InChI=1S/C27H37N3O2/c1-2-19-17-24(19)27(31)30-16-6-9-23(25-14-15-28-29-25)26(30)18-32-22-12-10-21(11-13-22)20-7-4-3-5-8-20/h3-5,7-8,14-15,19,21-24,26H,2,6,9-13,16-18H2,1H3,(H,28,29)/t19-,21-,22+,23-,24-,26+/m1/s1. The van der Waals surface area contributed by atoms with Gasteiger partial charge in [0.15, 0.2) is 0 Å². The van der Waals surface area contributed by atoms with E-state index in [0.29, 0.717) is 30.5 Å². The second-order valence-electron chi connectivity index (χ2n) is 10.1. The zero-order chi connectivity index (χ0) is 21.9. The minimum absolute atomic E-state index is 0.113. The molecule has 1 aromatic carbocycles. The van der Waals surface area contributed by atoms with Crippen molar-refractivity contribution in [3.05, 3.63) is 53.9 Å². The third-order valence-corrected chi connectivity index (χ3v) is 8.20. The van der Waals surface area contributed by atoms with E-state index in [1.807, 2.05) is 6.20 Å². The van der Waals surface area contributed by atoms with E-state index in [0.717, 1.165) is 50.8 Å². The maximum absolute atomic E-state index is 13.4. The number of carbonyl (C=O) groups excluding carboxylic acids is 1. The Kier molecular flexibility index (Phi) is 6.63. The van der Waals surface area contributed by atoms with Gasteiger partial charge in [-0.2, -0.15) is 5.10 Å². The van der Waals surface area contributed by atoms with E-state index >= 15 is 0 Å². The van der Waals surface area contributed by atoms with Crippen LogP contribution in [0.15, 0.2) is 42.6 Å². The molecule has 1 aromatic heterocycles. The molecule has 2 heterocycles. The Morgan fingerprint density at radius 1 is 1.12 bits per heavy atom. The number of aromatic amines is 1. The first-order valence-corrected chi connectivity index (χ1v) is 12.7. The number of benzene rings is 1. The molecule has 0 radical (unpaired) electrons. The van der Waals surface area contributed by atoms with Crippen LogP contribution in [0, 0.1) is 11.8 Å². The Hall–Kier alpha value is -2.14. The molecular formula is C27H37N3O2. The highest BCUT2D eigenvalue weighted by atomic mass is 16.5. The molecule has 0 bridgehead atoms. The van der Waals surface area contributed by atoms with Crippen LogP contribution < -0.4 is 0 Å². The number of piperidine rings is 1. The molecule has 172 valence electrons. The molecule has 4 atom stereocenters.